The summed E-state index contributed by atoms with van der Waals surface area (Å²) in [5.74, 6) is 0.873. The van der Waals surface area contributed by atoms with E-state index >= 15 is 0 Å². The lowest BCUT2D eigenvalue weighted by atomic mass is 10.2. The zero-order valence-corrected chi connectivity index (χ0v) is 9.33. The molecule has 1 unspecified atom stereocenters. The number of ether oxygens (including phenoxy) is 1. The normalized spacial score (nSPS) is 20.5. The van der Waals surface area contributed by atoms with E-state index in [0.717, 1.165) is 25.4 Å². The number of hydrogen-bond donors (Lipinski definition) is 1. The minimum Gasteiger partial charge on any atom is -0.378 e. The molecule has 1 atom stereocenters. The molecule has 0 bridgehead atoms. The Bertz CT molecular complexity index is 296. The van der Waals surface area contributed by atoms with Gasteiger partial charge in [0.2, 0.25) is 0 Å². The fraction of sp³-hybridized carbons (Fsp3) is 0.545. The summed E-state index contributed by atoms with van der Waals surface area (Å²) in [5, 5.41) is 3.92. The van der Waals surface area contributed by atoms with Gasteiger partial charge in [-0.05, 0) is 31.4 Å². The fourth-order valence-electron chi connectivity index (χ4n) is 1.71. The highest BCUT2D eigenvalue weighted by Crippen LogP contribution is 2.15. The number of nitrogens with one attached hydrogen (secondary N) is 1. The molecule has 15 heavy (non-hydrogen) atoms. The summed E-state index contributed by atoms with van der Waals surface area (Å²) in [6, 6.07) is 3.72. The molecule has 3 nitrogen and oxygen atoms in total. The topological polar surface area (TPSA) is 34.1 Å². The van der Waals surface area contributed by atoms with E-state index in [2.05, 4.69) is 10.3 Å². The molecule has 0 spiro atoms. The van der Waals surface area contributed by atoms with Gasteiger partial charge in [0.05, 0.1) is 11.1 Å². The van der Waals surface area contributed by atoms with Crippen molar-refractivity contribution in [3.8, 4) is 0 Å². The van der Waals surface area contributed by atoms with Crippen LogP contribution >= 0.6 is 11.6 Å². The van der Waals surface area contributed by atoms with Crippen molar-refractivity contribution in [1.29, 1.82) is 0 Å². The maximum Gasteiger partial charge on any atom is 0.125 e. The summed E-state index contributed by atoms with van der Waals surface area (Å²) in [4.78, 5) is 4.16. The first kappa shape index (κ1) is 10.7. The predicted octanol–water partition coefficient (Wildman–Crippen LogP) is 2.72. The lowest BCUT2D eigenvalue weighted by Gasteiger charge is -2.10. The minimum absolute atomic E-state index is 0.435. The van der Waals surface area contributed by atoms with Crippen LogP contribution in [0.4, 0.5) is 5.82 Å². The van der Waals surface area contributed by atoms with E-state index in [1.165, 1.54) is 12.8 Å². The Hall–Kier alpha value is -0.800. The lowest BCUT2D eigenvalue weighted by Crippen LogP contribution is -2.12. The molecule has 2 rings (SSSR count). The third-order valence-corrected chi connectivity index (χ3v) is 2.75. The first-order chi connectivity index (χ1) is 7.34. The molecule has 0 radical (unpaired) electrons. The summed E-state index contributed by atoms with van der Waals surface area (Å²) < 4.78 is 5.53. The third-order valence-electron chi connectivity index (χ3n) is 2.52. The maximum absolute atomic E-state index is 5.74. The van der Waals surface area contributed by atoms with E-state index in [1.54, 1.807) is 6.20 Å². The van der Waals surface area contributed by atoms with Crippen molar-refractivity contribution in [3.05, 3.63) is 23.4 Å². The van der Waals surface area contributed by atoms with Crippen LogP contribution in [0.1, 0.15) is 19.3 Å². The van der Waals surface area contributed by atoms with Gasteiger partial charge in [0, 0.05) is 19.3 Å². The molecule has 82 valence electrons. The molecule has 0 aromatic carbocycles. The molecule has 0 amide bonds. The summed E-state index contributed by atoms with van der Waals surface area (Å²) in [7, 11) is 0. The molecule has 0 aliphatic carbocycles. The second-order valence-electron chi connectivity index (χ2n) is 3.71. The quantitative estimate of drug-likeness (QED) is 0.857. The second-order valence-corrected chi connectivity index (χ2v) is 4.15. The average molecular weight is 227 g/mol. The van der Waals surface area contributed by atoms with Crippen LogP contribution in [0.2, 0.25) is 5.02 Å². The van der Waals surface area contributed by atoms with Gasteiger partial charge in [-0.3, -0.25) is 0 Å². The van der Waals surface area contributed by atoms with Gasteiger partial charge in [-0.15, -0.1) is 0 Å². The number of pyridine rings is 1. The highest BCUT2D eigenvalue weighted by Gasteiger charge is 2.14. The molecular weight excluding hydrogens is 212 g/mol. The summed E-state index contributed by atoms with van der Waals surface area (Å²) in [5.41, 5.74) is 0. The van der Waals surface area contributed by atoms with Crippen LogP contribution in [0.3, 0.4) is 0 Å². The summed E-state index contributed by atoms with van der Waals surface area (Å²) in [6.07, 6.45) is 5.52. The maximum atomic E-state index is 5.74. The SMILES string of the molecule is Clc1ccc(NCCC2CCCO2)nc1. The number of nitrogens with zero attached hydrogens (tertiary/aromatic N) is 1. The molecule has 1 aliphatic rings. The molecule has 1 aliphatic heterocycles. The van der Waals surface area contributed by atoms with Gasteiger partial charge >= 0.3 is 0 Å². The first-order valence-electron chi connectivity index (χ1n) is 5.31. The molecule has 1 fully saturated rings. The smallest absolute Gasteiger partial charge is 0.125 e. The van der Waals surface area contributed by atoms with Crippen LogP contribution in [0.15, 0.2) is 18.3 Å². The third kappa shape index (κ3) is 3.36. The van der Waals surface area contributed by atoms with Gasteiger partial charge < -0.3 is 10.1 Å². The van der Waals surface area contributed by atoms with Crippen LogP contribution in [0, 0.1) is 0 Å². The Kier molecular flexibility index (Phi) is 3.80. The van der Waals surface area contributed by atoms with Gasteiger partial charge in [-0.1, -0.05) is 11.6 Å². The van der Waals surface area contributed by atoms with E-state index in [-0.39, 0.29) is 0 Å². The van der Waals surface area contributed by atoms with Crippen molar-refractivity contribution < 1.29 is 4.74 Å². The van der Waals surface area contributed by atoms with Gasteiger partial charge in [0.25, 0.3) is 0 Å². The molecule has 4 heteroatoms. The van der Waals surface area contributed by atoms with Crippen molar-refractivity contribution in [2.24, 2.45) is 0 Å². The highest BCUT2D eigenvalue weighted by atomic mass is 35.5. The first-order valence-corrected chi connectivity index (χ1v) is 5.69. The van der Waals surface area contributed by atoms with Gasteiger partial charge in [0.15, 0.2) is 0 Å². The average Bonchev–Trinajstić information content (AvgIpc) is 2.74. The van der Waals surface area contributed by atoms with Crippen molar-refractivity contribution in [2.45, 2.75) is 25.4 Å². The van der Waals surface area contributed by atoms with Gasteiger partial charge in [-0.2, -0.15) is 0 Å². The largest absolute Gasteiger partial charge is 0.378 e. The molecule has 1 aromatic rings. The Morgan fingerprint density at radius 2 is 2.47 bits per heavy atom. The predicted molar refractivity (Wildman–Crippen MR) is 61.3 cm³/mol. The van der Waals surface area contributed by atoms with Crippen LogP contribution < -0.4 is 5.32 Å². The van der Waals surface area contributed by atoms with E-state index in [1.807, 2.05) is 12.1 Å². The molecule has 0 saturated carbocycles. The van der Waals surface area contributed by atoms with E-state index in [0.29, 0.717) is 11.1 Å². The van der Waals surface area contributed by atoms with E-state index in [4.69, 9.17) is 16.3 Å². The van der Waals surface area contributed by atoms with Crippen LogP contribution in [0.5, 0.6) is 0 Å². The molecule has 1 saturated heterocycles. The monoisotopic (exact) mass is 226 g/mol. The summed E-state index contributed by atoms with van der Waals surface area (Å²) >= 11 is 5.74. The van der Waals surface area contributed by atoms with Crippen molar-refractivity contribution in [3.63, 3.8) is 0 Å². The molecule has 1 N–H and O–H groups in total. The van der Waals surface area contributed by atoms with Crippen molar-refractivity contribution in [1.82, 2.24) is 4.98 Å². The number of rotatable bonds is 4. The van der Waals surface area contributed by atoms with Gasteiger partial charge in [-0.25, -0.2) is 4.98 Å². The molecular formula is C11H15ClN2O. The van der Waals surface area contributed by atoms with Crippen LogP contribution in [-0.4, -0.2) is 24.2 Å². The Morgan fingerprint density at radius 3 is 3.13 bits per heavy atom. The highest BCUT2D eigenvalue weighted by molar-refractivity contribution is 6.30. The Labute approximate surface area is 94.8 Å². The minimum atomic E-state index is 0.435. The number of anilines is 1. The Morgan fingerprint density at radius 1 is 1.53 bits per heavy atom. The number of aromatic nitrogens is 1. The summed E-state index contributed by atoms with van der Waals surface area (Å²) in [6.45, 7) is 1.82. The standard InChI is InChI=1S/C11H15ClN2O/c12-9-3-4-11(14-8-9)13-6-5-10-2-1-7-15-10/h3-4,8,10H,1-2,5-7H2,(H,13,14). The zero-order chi connectivity index (χ0) is 10.5. The number of halogens is 1. The van der Waals surface area contributed by atoms with E-state index in [9.17, 15) is 0 Å². The van der Waals surface area contributed by atoms with Crippen LogP contribution in [0.25, 0.3) is 0 Å². The van der Waals surface area contributed by atoms with Crippen molar-refractivity contribution in [2.75, 3.05) is 18.5 Å². The lowest BCUT2D eigenvalue weighted by molar-refractivity contribution is 0.107. The fourth-order valence-corrected chi connectivity index (χ4v) is 1.83. The zero-order valence-electron chi connectivity index (χ0n) is 8.58. The molecule has 2 heterocycles. The molecule has 1 aromatic heterocycles. The Balaban J connectivity index is 1.71. The van der Waals surface area contributed by atoms with Crippen molar-refractivity contribution >= 4 is 17.4 Å². The van der Waals surface area contributed by atoms with E-state index < -0.39 is 0 Å². The van der Waals surface area contributed by atoms with Crippen LogP contribution in [-0.2, 0) is 4.74 Å². The second kappa shape index (κ2) is 5.33. The van der Waals surface area contributed by atoms with Gasteiger partial charge in [0.1, 0.15) is 5.82 Å². The number of hydrogen-bond acceptors (Lipinski definition) is 3.